The van der Waals surface area contributed by atoms with Gasteiger partial charge in [-0.3, -0.25) is 9.36 Å². The lowest BCUT2D eigenvalue weighted by Crippen LogP contribution is -2.46. The first-order chi connectivity index (χ1) is 33.5. The Labute approximate surface area is 431 Å². The first-order valence-corrected chi connectivity index (χ1v) is 32.3. The maximum Gasteiger partial charge on any atom is 0.268 e. The smallest absolute Gasteiger partial charge is 0.268 e. The number of aliphatic hydroxyl groups is 1. The topological polar surface area (TPSA) is 108 Å². The first kappa shape index (κ1) is 68.5. The second-order valence-electron chi connectivity index (χ2n) is 22.8. The minimum Gasteiger partial charge on any atom is -0.756 e. The Morgan fingerprint density at radius 1 is 0.449 bits per heavy atom. The highest BCUT2D eigenvalue weighted by Gasteiger charge is 2.24. The average Bonchev–Trinajstić information content (AvgIpc) is 3.31. The minimum absolute atomic E-state index is 0.0167. The van der Waals surface area contributed by atoms with Gasteiger partial charge in [-0.15, -0.1) is 0 Å². The molecule has 0 aromatic rings. The van der Waals surface area contributed by atoms with Gasteiger partial charge in [-0.1, -0.05) is 309 Å². The molecule has 0 aliphatic heterocycles. The molecular formula is C60H123N2O6P. The molecule has 69 heavy (non-hydrogen) atoms. The van der Waals surface area contributed by atoms with E-state index in [4.69, 9.17) is 9.05 Å². The van der Waals surface area contributed by atoms with Gasteiger partial charge < -0.3 is 28.8 Å². The number of hydrogen-bond acceptors (Lipinski definition) is 6. The van der Waals surface area contributed by atoms with Crippen molar-refractivity contribution in [2.75, 3.05) is 40.9 Å². The summed E-state index contributed by atoms with van der Waals surface area (Å²) < 4.78 is 23.4. The summed E-state index contributed by atoms with van der Waals surface area (Å²) in [5.41, 5.74) is 0. The van der Waals surface area contributed by atoms with E-state index in [1.807, 2.05) is 21.1 Å². The van der Waals surface area contributed by atoms with Crippen LogP contribution < -0.4 is 10.2 Å². The van der Waals surface area contributed by atoms with Crippen molar-refractivity contribution in [2.24, 2.45) is 0 Å². The molecule has 0 aliphatic carbocycles. The van der Waals surface area contributed by atoms with Crippen molar-refractivity contribution >= 4 is 13.7 Å². The van der Waals surface area contributed by atoms with E-state index in [-0.39, 0.29) is 19.1 Å². The van der Waals surface area contributed by atoms with Crippen LogP contribution in [0.25, 0.3) is 0 Å². The van der Waals surface area contributed by atoms with Crippen molar-refractivity contribution < 1.29 is 32.9 Å². The van der Waals surface area contributed by atoms with Gasteiger partial charge in [0.2, 0.25) is 5.91 Å². The lowest BCUT2D eigenvalue weighted by Gasteiger charge is -2.30. The van der Waals surface area contributed by atoms with Crippen molar-refractivity contribution in [1.82, 2.24) is 5.32 Å². The molecule has 0 rings (SSSR count). The number of likely N-dealkylation sites (N-methyl/N-ethyl adjacent to an activating group) is 1. The van der Waals surface area contributed by atoms with Gasteiger partial charge in [-0.25, -0.2) is 0 Å². The molecule has 0 radical (unpaired) electrons. The fourth-order valence-corrected chi connectivity index (χ4v) is 10.5. The van der Waals surface area contributed by atoms with Gasteiger partial charge in [-0.2, -0.15) is 0 Å². The molecule has 0 saturated carbocycles. The Morgan fingerprint density at radius 3 is 0.986 bits per heavy atom. The molecule has 3 atom stereocenters. The van der Waals surface area contributed by atoms with Gasteiger partial charge in [-0.05, 0) is 12.8 Å². The minimum atomic E-state index is -4.57. The molecule has 1 unspecified atom stereocenters. The van der Waals surface area contributed by atoms with Gasteiger partial charge in [0.05, 0.1) is 39.9 Å². The molecule has 0 aromatic carbocycles. The molecule has 0 aliphatic rings. The lowest BCUT2D eigenvalue weighted by atomic mass is 10.0. The molecular weight excluding hydrogens is 876 g/mol. The first-order valence-electron chi connectivity index (χ1n) is 30.9. The van der Waals surface area contributed by atoms with E-state index in [0.717, 1.165) is 38.5 Å². The summed E-state index contributed by atoms with van der Waals surface area (Å²) in [7, 11) is 1.33. The number of carbonyl (C=O) groups excluding carboxylic acids is 1. The van der Waals surface area contributed by atoms with E-state index in [1.165, 1.54) is 263 Å². The number of phosphoric ester groups is 1. The molecule has 0 aromatic heterocycles. The number of hydrogen-bond donors (Lipinski definition) is 2. The zero-order valence-corrected chi connectivity index (χ0v) is 48.2. The van der Waals surface area contributed by atoms with E-state index >= 15 is 0 Å². The summed E-state index contributed by atoms with van der Waals surface area (Å²) >= 11 is 0. The fourth-order valence-electron chi connectivity index (χ4n) is 9.75. The van der Waals surface area contributed by atoms with Crippen LogP contribution in [0.15, 0.2) is 0 Å². The Kier molecular flexibility index (Phi) is 52.0. The van der Waals surface area contributed by atoms with Crippen LogP contribution in [0.5, 0.6) is 0 Å². The summed E-state index contributed by atoms with van der Waals surface area (Å²) in [6, 6.07) is -0.795. The number of amides is 1. The quantitative estimate of drug-likeness (QED) is 0.0357. The van der Waals surface area contributed by atoms with E-state index in [1.54, 1.807) is 0 Å². The zero-order chi connectivity index (χ0) is 50.6. The number of unbranched alkanes of at least 4 members (excludes halogenated alkanes) is 45. The Morgan fingerprint density at radius 2 is 0.710 bits per heavy atom. The number of rotatable bonds is 58. The van der Waals surface area contributed by atoms with Crippen LogP contribution in [0.1, 0.15) is 328 Å². The molecule has 0 spiro atoms. The summed E-state index contributed by atoms with van der Waals surface area (Å²) in [6.07, 6.45) is 63.0. The van der Waals surface area contributed by atoms with Crippen LogP contribution in [-0.4, -0.2) is 68.5 Å². The highest BCUT2D eigenvalue weighted by Crippen LogP contribution is 2.38. The highest BCUT2D eigenvalue weighted by molar-refractivity contribution is 7.45. The third kappa shape index (κ3) is 55.1. The summed E-state index contributed by atoms with van der Waals surface area (Å²) in [4.78, 5) is 25.5. The maximum atomic E-state index is 13.0. The normalized spacial score (nSPS) is 13.8. The standard InChI is InChI=1S/C60H123N2O6P/c1-6-8-10-12-14-16-18-20-22-24-25-26-27-28-29-30-31-32-33-34-35-36-38-40-42-44-46-48-50-52-54-60(64)61-58(57-68-69(65,66)67-56-55-62(3,4)5)59(63)53-51-49-47-45-43-41-39-37-23-21-19-17-15-13-11-9-7-2/h58-59,63H,6-57H2,1-5H3,(H-,61,64,65,66)/t58-,59+/m0/s1. The number of phosphoric acid groups is 1. The predicted octanol–water partition coefficient (Wildman–Crippen LogP) is 18.2. The molecule has 414 valence electrons. The Bertz CT molecular complexity index is 1090. The van der Waals surface area contributed by atoms with Crippen molar-refractivity contribution in [2.45, 2.75) is 341 Å². The molecule has 0 bridgehead atoms. The third-order valence-corrected chi connectivity index (χ3v) is 15.6. The zero-order valence-electron chi connectivity index (χ0n) is 47.3. The van der Waals surface area contributed by atoms with Gasteiger partial charge in [0.1, 0.15) is 13.2 Å². The average molecular weight is 1000 g/mol. The second-order valence-corrected chi connectivity index (χ2v) is 24.2. The maximum absolute atomic E-state index is 13.0. The van der Waals surface area contributed by atoms with Crippen molar-refractivity contribution in [3.05, 3.63) is 0 Å². The van der Waals surface area contributed by atoms with Crippen LogP contribution in [-0.2, 0) is 18.4 Å². The molecule has 1 amide bonds. The molecule has 9 heteroatoms. The molecule has 0 fully saturated rings. The SMILES string of the molecule is CCCCCCCCCCCCCCCCCCCCCCCCCCCCCCCCC(=O)N[C@@H](COP(=O)([O-])OCC[N+](C)(C)C)[C@H](O)CCCCCCCCCCCCCCCCCCC. The van der Waals surface area contributed by atoms with Crippen LogP contribution in [0, 0.1) is 0 Å². The predicted molar refractivity (Wildman–Crippen MR) is 298 cm³/mol. The van der Waals surface area contributed by atoms with E-state index < -0.39 is 20.0 Å². The molecule has 0 saturated heterocycles. The van der Waals surface area contributed by atoms with Gasteiger partial charge in [0, 0.05) is 6.42 Å². The number of nitrogens with zero attached hydrogens (tertiary/aromatic N) is 1. The van der Waals surface area contributed by atoms with Crippen LogP contribution in [0.4, 0.5) is 0 Å². The van der Waals surface area contributed by atoms with E-state index in [2.05, 4.69) is 19.2 Å². The number of carbonyl (C=O) groups is 1. The van der Waals surface area contributed by atoms with Crippen LogP contribution in [0.3, 0.4) is 0 Å². The second kappa shape index (κ2) is 52.4. The van der Waals surface area contributed by atoms with Crippen molar-refractivity contribution in [3.8, 4) is 0 Å². The van der Waals surface area contributed by atoms with Gasteiger partial charge >= 0.3 is 0 Å². The third-order valence-electron chi connectivity index (χ3n) is 14.6. The van der Waals surface area contributed by atoms with Gasteiger partial charge in [0.25, 0.3) is 7.82 Å². The Hall–Kier alpha value is -0.500. The molecule has 0 heterocycles. The van der Waals surface area contributed by atoms with Gasteiger partial charge in [0.15, 0.2) is 0 Å². The summed E-state index contributed by atoms with van der Waals surface area (Å²) in [5.74, 6) is -0.156. The Balaban J connectivity index is 4.00. The number of nitrogens with one attached hydrogen (secondary N) is 1. The lowest BCUT2D eigenvalue weighted by molar-refractivity contribution is -0.870. The largest absolute Gasteiger partial charge is 0.756 e. The van der Waals surface area contributed by atoms with Crippen LogP contribution in [0.2, 0.25) is 0 Å². The highest BCUT2D eigenvalue weighted by atomic mass is 31.2. The summed E-state index contributed by atoms with van der Waals surface area (Å²) in [5, 5.41) is 14.0. The van der Waals surface area contributed by atoms with E-state index in [0.29, 0.717) is 23.9 Å². The van der Waals surface area contributed by atoms with Crippen molar-refractivity contribution in [3.63, 3.8) is 0 Å². The van der Waals surface area contributed by atoms with Crippen molar-refractivity contribution in [1.29, 1.82) is 0 Å². The monoisotopic (exact) mass is 999 g/mol. The summed E-state index contributed by atoms with van der Waals surface area (Å²) in [6.45, 7) is 4.78. The fraction of sp³-hybridized carbons (Fsp3) is 0.983. The molecule has 8 nitrogen and oxygen atoms in total. The number of aliphatic hydroxyl groups excluding tert-OH is 1. The van der Waals surface area contributed by atoms with Crippen LogP contribution >= 0.6 is 7.82 Å². The van der Waals surface area contributed by atoms with E-state index in [9.17, 15) is 19.4 Å². The molecule has 2 N–H and O–H groups in total. The number of quaternary nitrogens is 1.